The minimum absolute atomic E-state index is 0.122. The Morgan fingerprint density at radius 3 is 0.667 bits per heavy atom. The fourth-order valence-corrected chi connectivity index (χ4v) is 10.0. The Balaban J connectivity index is -0.000000804. The van der Waals surface area contributed by atoms with E-state index in [2.05, 4.69) is 52.6 Å². The lowest BCUT2D eigenvalue weighted by Gasteiger charge is -2.24. The predicted octanol–water partition coefficient (Wildman–Crippen LogP) is 13.8. The number of alkyl carbamates (subject to hydrolysis) is 9. The number of methoxy groups -OCH3 is 2. The first-order valence-electron chi connectivity index (χ1n) is 42.2. The average molecular weight is 1770 g/mol. The van der Waals surface area contributed by atoms with E-state index >= 15 is 0 Å². The Morgan fingerprint density at radius 1 is 0.252 bits per heavy atom. The quantitative estimate of drug-likeness (QED) is 0.0153. The maximum atomic E-state index is 13.3. The molecule has 0 aromatic rings. The minimum Gasteiger partial charge on any atom is -0.481 e. The number of hydrogen-bond donors (Lipinski definition) is 12. The zero-order valence-electron chi connectivity index (χ0n) is 79.4. The Bertz CT molecular complexity index is 3200. The van der Waals surface area contributed by atoms with Gasteiger partial charge < -0.3 is 116 Å². The molecule has 38 nitrogen and oxygen atoms in total. The van der Waals surface area contributed by atoms with Gasteiger partial charge in [0, 0.05) is 52.1 Å². The fourth-order valence-electron chi connectivity index (χ4n) is 10.0. The smallest absolute Gasteiger partial charge is 0.408 e. The molecule has 0 radical (unpaired) electrons. The number of rotatable bonds is 43. The molecular formula is C85H158N10O28. The summed E-state index contributed by atoms with van der Waals surface area (Å²) in [7, 11) is 2.57. The number of hydrogen-bond acceptors (Lipinski definition) is 27. The fraction of sp³-hybridized carbons (Fsp3) is 0.824. The molecule has 0 saturated carbocycles. The number of ketones is 2. The molecule has 716 valence electrons. The molecule has 0 aromatic heterocycles. The number of Topliss-reactive ketones (excluding diaryl/α,β-unsaturated/α-hetero) is 2. The summed E-state index contributed by atoms with van der Waals surface area (Å²) in [4.78, 5) is 179. The summed E-state index contributed by atoms with van der Waals surface area (Å²) < 4.78 is 56.0. The van der Waals surface area contributed by atoms with Crippen molar-refractivity contribution in [3.63, 3.8) is 0 Å². The Labute approximate surface area is 730 Å². The molecule has 0 bridgehead atoms. The number of unbranched alkanes of at least 4 members (excludes halogenated alkanes) is 6. The number of carboxylic acids is 2. The molecular weight excluding hydrogens is 1610 g/mol. The van der Waals surface area contributed by atoms with Gasteiger partial charge in [0.1, 0.15) is 62.5 Å². The van der Waals surface area contributed by atoms with Crippen molar-refractivity contribution in [2.45, 2.75) is 390 Å². The Hall–Kier alpha value is -9.39. The van der Waals surface area contributed by atoms with E-state index in [9.17, 15) is 77.0 Å². The normalized spacial score (nSPS) is 13.2. The Kier molecular flexibility index (Phi) is 58.0. The second-order valence-electron chi connectivity index (χ2n) is 38.2. The number of amides is 9. The molecule has 0 spiro atoms. The van der Waals surface area contributed by atoms with E-state index in [1.165, 1.54) is 14.2 Å². The van der Waals surface area contributed by atoms with Gasteiger partial charge >= 0.3 is 78.7 Å². The van der Waals surface area contributed by atoms with Crippen molar-refractivity contribution < 1.29 is 134 Å². The van der Waals surface area contributed by atoms with Gasteiger partial charge in [-0.1, -0.05) is 12.8 Å². The topological polar surface area (TPSA) is 532 Å². The van der Waals surface area contributed by atoms with Gasteiger partial charge in [0.15, 0.2) is 11.6 Å². The van der Waals surface area contributed by atoms with Gasteiger partial charge in [0.05, 0.1) is 38.1 Å². The second-order valence-corrected chi connectivity index (χ2v) is 38.2. The second kappa shape index (κ2) is 59.4. The minimum atomic E-state index is -1.12. The average Bonchev–Trinajstić information content (AvgIpc) is 0.883. The Morgan fingerprint density at radius 2 is 0.447 bits per heavy atom. The van der Waals surface area contributed by atoms with Crippen LogP contribution in [-0.2, 0) is 80.9 Å². The van der Waals surface area contributed by atoms with E-state index in [-0.39, 0.29) is 37.9 Å². The van der Waals surface area contributed by atoms with Crippen molar-refractivity contribution in [1.82, 2.24) is 47.9 Å². The maximum absolute atomic E-state index is 13.3. The highest BCUT2D eigenvalue weighted by Crippen LogP contribution is 2.22. The number of carbonyl (C=O) groups excluding carboxylic acids is 13. The monoisotopic (exact) mass is 1770 g/mol. The van der Waals surface area contributed by atoms with Gasteiger partial charge in [-0.15, -0.1) is 0 Å². The van der Waals surface area contributed by atoms with Crippen LogP contribution < -0.4 is 53.6 Å². The third kappa shape index (κ3) is 79.5. The molecule has 0 aliphatic rings. The standard InChI is InChI=1S/C29H53N3O9.C28H51N3O9.C16H30N2O6.C12H24N2O4/c1-27(2,3)39-24(35)30-17-13-11-15-20(23(34)38-10)19-22(33)21(32-26(37)41-29(7,8)9)16-12-14-18-31-25(36)40-28(4,5)6;1-26(2,3)38-23(35)29-16-12-10-14-19(22(33)34)18-21(32)20(31-25(37)40-28(7,8)9)15-11-13-17-30-24(36)39-27(4,5)6;1-15(2,3)23-13(21)17-10-8-7-9-11(12(19)20)18-14(22)24-16(4,5)6;1-12(2,3)18-11(16)14-8-6-5-7-9(13)10(15)17-4/h20-21H,11-19H2,1-10H3,(H,30,35)(H,31,36)(H,32,37);19-20H,10-18H2,1-9H3,(H,29,35)(H,30,36)(H,31,37)(H,33,34);11H,7-10H2,1-6H3,(H,17,21)(H,18,22)(H,19,20);9H,5-8,13H2,1-4H3,(H,14,16). The lowest BCUT2D eigenvalue weighted by Crippen LogP contribution is -2.44. The van der Waals surface area contributed by atoms with Crippen LogP contribution in [0.15, 0.2) is 0 Å². The zero-order valence-corrected chi connectivity index (χ0v) is 79.4. The molecule has 0 heterocycles. The number of carboxylic acid groups (broad SMARTS) is 2. The highest BCUT2D eigenvalue weighted by atomic mass is 16.6. The molecule has 0 aromatic carbocycles. The molecule has 6 unspecified atom stereocenters. The number of ether oxygens (including phenoxy) is 11. The van der Waals surface area contributed by atoms with Crippen molar-refractivity contribution in [2.75, 3.05) is 53.5 Å². The lowest BCUT2D eigenvalue weighted by atomic mass is 9.92. The van der Waals surface area contributed by atoms with E-state index < -0.39 is 171 Å². The number of nitrogens with one attached hydrogen (secondary N) is 9. The third-order valence-electron chi connectivity index (χ3n) is 15.1. The van der Waals surface area contributed by atoms with Crippen LogP contribution in [0, 0.1) is 11.8 Å². The maximum Gasteiger partial charge on any atom is 0.408 e. The highest BCUT2D eigenvalue weighted by molar-refractivity contribution is 5.91. The molecule has 0 aliphatic heterocycles. The van der Waals surface area contributed by atoms with Crippen LogP contribution in [-0.4, -0.2) is 229 Å². The number of esters is 2. The van der Waals surface area contributed by atoms with Crippen LogP contribution in [0.5, 0.6) is 0 Å². The van der Waals surface area contributed by atoms with E-state index in [0.29, 0.717) is 123 Å². The van der Waals surface area contributed by atoms with E-state index in [4.69, 9.17) is 58.2 Å². The van der Waals surface area contributed by atoms with Crippen molar-refractivity contribution in [2.24, 2.45) is 17.6 Å². The summed E-state index contributed by atoms with van der Waals surface area (Å²) in [5.74, 6) is -5.53. The molecule has 13 N–H and O–H groups in total. The largest absolute Gasteiger partial charge is 0.481 e. The molecule has 0 rings (SSSR count). The molecule has 9 amide bonds. The highest BCUT2D eigenvalue weighted by Gasteiger charge is 2.33. The van der Waals surface area contributed by atoms with Gasteiger partial charge in [-0.05, 0) is 290 Å². The van der Waals surface area contributed by atoms with Crippen LogP contribution in [0.25, 0.3) is 0 Å². The van der Waals surface area contributed by atoms with Gasteiger partial charge in [-0.25, -0.2) is 47.9 Å². The van der Waals surface area contributed by atoms with E-state index in [1.54, 1.807) is 166 Å². The van der Waals surface area contributed by atoms with Gasteiger partial charge in [-0.2, -0.15) is 0 Å². The lowest BCUT2D eigenvalue weighted by molar-refractivity contribution is -0.147. The third-order valence-corrected chi connectivity index (χ3v) is 15.1. The zero-order chi connectivity index (χ0) is 96.2. The summed E-state index contributed by atoms with van der Waals surface area (Å²) >= 11 is 0. The van der Waals surface area contributed by atoms with Gasteiger partial charge in [0.2, 0.25) is 0 Å². The van der Waals surface area contributed by atoms with Gasteiger partial charge in [-0.3, -0.25) is 24.0 Å². The van der Waals surface area contributed by atoms with Crippen molar-refractivity contribution in [3.05, 3.63) is 0 Å². The van der Waals surface area contributed by atoms with Crippen molar-refractivity contribution in [1.29, 1.82) is 0 Å². The predicted molar refractivity (Wildman–Crippen MR) is 462 cm³/mol. The number of nitrogens with two attached hydrogens (primary N) is 1. The van der Waals surface area contributed by atoms with Gasteiger partial charge in [0.25, 0.3) is 0 Å². The van der Waals surface area contributed by atoms with Crippen molar-refractivity contribution >= 4 is 90.3 Å². The first-order chi connectivity index (χ1) is 56.0. The van der Waals surface area contributed by atoms with Crippen LogP contribution in [0.4, 0.5) is 43.2 Å². The van der Waals surface area contributed by atoms with E-state index in [1.807, 2.05) is 20.8 Å². The van der Waals surface area contributed by atoms with Crippen LogP contribution in [0.2, 0.25) is 0 Å². The molecule has 6 atom stereocenters. The first-order valence-corrected chi connectivity index (χ1v) is 42.2. The summed E-state index contributed by atoms with van der Waals surface area (Å²) in [6, 6.07) is -3.43. The van der Waals surface area contributed by atoms with Crippen LogP contribution in [0.1, 0.15) is 315 Å². The summed E-state index contributed by atoms with van der Waals surface area (Å²) in [6.45, 7) is 49.5. The SMILES string of the molecule is CC(C)(C)OC(=O)NCCCCC(CC(=O)C(CCCCNC(=O)OC(C)(C)C)NC(=O)OC(C)(C)C)C(=O)O.CC(C)(C)OC(=O)NCCCCC(NC(=O)OC(C)(C)C)C(=O)O.COC(=O)C(CCCCNC(=O)OC(C)(C)C)CC(=O)C(CCCCNC(=O)OC(C)(C)C)NC(=O)OC(C)(C)C.COC(=O)C(N)CCCCNC(=O)OC(C)(C)C. The number of aliphatic carboxylic acids is 2. The summed E-state index contributed by atoms with van der Waals surface area (Å²) in [6.07, 6.45) is 2.96. The molecule has 0 aliphatic carbocycles. The van der Waals surface area contributed by atoms with E-state index in [0.717, 1.165) is 12.8 Å². The molecule has 38 heteroatoms. The summed E-state index contributed by atoms with van der Waals surface area (Å²) in [5.41, 5.74) is -0.133. The van der Waals surface area contributed by atoms with Crippen molar-refractivity contribution in [3.8, 4) is 0 Å². The molecule has 0 fully saturated rings. The van der Waals surface area contributed by atoms with Crippen LogP contribution >= 0.6 is 0 Å². The molecule has 123 heavy (non-hydrogen) atoms. The summed E-state index contributed by atoms with van der Waals surface area (Å²) in [5, 5.41) is 42.2. The molecule has 0 saturated heterocycles. The van der Waals surface area contributed by atoms with Crippen LogP contribution in [0.3, 0.4) is 0 Å². The number of carbonyl (C=O) groups is 15. The first kappa shape index (κ1) is 120.